The summed E-state index contributed by atoms with van der Waals surface area (Å²) in [7, 11) is 0. The highest BCUT2D eigenvalue weighted by molar-refractivity contribution is 4.91. The maximum absolute atomic E-state index is 8.86. The van der Waals surface area contributed by atoms with Crippen molar-refractivity contribution in [2.24, 2.45) is 0 Å². The minimum absolute atomic E-state index is 0.0320. The van der Waals surface area contributed by atoms with Crippen LogP contribution in [-0.2, 0) is 0 Å². The van der Waals surface area contributed by atoms with Crippen LogP contribution in [0, 0.1) is 0 Å². The van der Waals surface area contributed by atoms with Gasteiger partial charge >= 0.3 is 0 Å². The SMILES string of the molecule is O/C=C(\O)C(O)CCCO. The Balaban J connectivity index is 3.51. The standard InChI is InChI=1S/C6H12O4/c7-3-1-2-5(9)6(10)4-8/h4-5,7-10H,1-3H2/b6-4-. The van der Waals surface area contributed by atoms with E-state index in [0.717, 1.165) is 0 Å². The molecule has 0 heterocycles. The van der Waals surface area contributed by atoms with Crippen molar-refractivity contribution in [2.45, 2.75) is 18.9 Å². The van der Waals surface area contributed by atoms with E-state index in [9.17, 15) is 0 Å². The van der Waals surface area contributed by atoms with E-state index in [0.29, 0.717) is 12.7 Å². The Hall–Kier alpha value is -0.740. The Bertz CT molecular complexity index is 110. The lowest BCUT2D eigenvalue weighted by Gasteiger charge is -2.06. The van der Waals surface area contributed by atoms with Gasteiger partial charge in [0.25, 0.3) is 0 Å². The van der Waals surface area contributed by atoms with Crippen LogP contribution in [0.4, 0.5) is 0 Å². The van der Waals surface area contributed by atoms with Crippen molar-refractivity contribution in [3.8, 4) is 0 Å². The summed E-state index contributed by atoms with van der Waals surface area (Å²) in [6.45, 7) is -0.0320. The first kappa shape index (κ1) is 9.26. The highest BCUT2D eigenvalue weighted by Crippen LogP contribution is 2.03. The third-order valence-corrected chi connectivity index (χ3v) is 1.11. The first-order chi connectivity index (χ1) is 4.72. The molecule has 0 radical (unpaired) electrons. The predicted molar refractivity (Wildman–Crippen MR) is 35.7 cm³/mol. The molecule has 1 atom stereocenters. The van der Waals surface area contributed by atoms with Gasteiger partial charge in [0.05, 0.1) is 0 Å². The summed E-state index contributed by atoms with van der Waals surface area (Å²) in [4.78, 5) is 0. The molecule has 1 unspecified atom stereocenters. The van der Waals surface area contributed by atoms with Gasteiger partial charge in [-0.2, -0.15) is 0 Å². The third-order valence-electron chi connectivity index (χ3n) is 1.11. The molecule has 0 saturated carbocycles. The van der Waals surface area contributed by atoms with Crippen molar-refractivity contribution in [3.05, 3.63) is 12.0 Å². The molecule has 0 aromatic carbocycles. The van der Waals surface area contributed by atoms with Crippen molar-refractivity contribution in [2.75, 3.05) is 6.61 Å². The first-order valence-electron chi connectivity index (χ1n) is 3.04. The van der Waals surface area contributed by atoms with E-state index >= 15 is 0 Å². The number of hydrogen-bond acceptors (Lipinski definition) is 4. The third kappa shape index (κ3) is 3.32. The molecule has 0 spiro atoms. The van der Waals surface area contributed by atoms with E-state index in [-0.39, 0.29) is 13.0 Å². The van der Waals surface area contributed by atoms with Gasteiger partial charge in [-0.1, -0.05) is 0 Å². The molecule has 60 valence electrons. The van der Waals surface area contributed by atoms with Gasteiger partial charge in [0, 0.05) is 6.61 Å². The maximum atomic E-state index is 8.86. The van der Waals surface area contributed by atoms with E-state index in [4.69, 9.17) is 20.4 Å². The Morgan fingerprint density at radius 3 is 2.50 bits per heavy atom. The van der Waals surface area contributed by atoms with Crippen molar-refractivity contribution in [1.29, 1.82) is 0 Å². The number of aliphatic hydroxyl groups excluding tert-OH is 4. The fourth-order valence-corrected chi connectivity index (χ4v) is 0.519. The number of rotatable bonds is 4. The minimum Gasteiger partial charge on any atom is -0.512 e. The summed E-state index contributed by atoms with van der Waals surface area (Å²) in [5.41, 5.74) is 0. The molecule has 0 aromatic heterocycles. The summed E-state index contributed by atoms with van der Waals surface area (Å²) in [5.74, 6) is -0.464. The maximum Gasteiger partial charge on any atom is 0.155 e. The van der Waals surface area contributed by atoms with E-state index in [2.05, 4.69) is 0 Å². The summed E-state index contributed by atoms with van der Waals surface area (Å²) >= 11 is 0. The van der Waals surface area contributed by atoms with Crippen molar-refractivity contribution in [3.63, 3.8) is 0 Å². The van der Waals surface area contributed by atoms with E-state index < -0.39 is 11.9 Å². The summed E-state index contributed by atoms with van der Waals surface area (Å²) in [6, 6.07) is 0. The molecule has 0 bridgehead atoms. The van der Waals surface area contributed by atoms with Gasteiger partial charge in [0.2, 0.25) is 0 Å². The second-order valence-electron chi connectivity index (χ2n) is 1.94. The van der Waals surface area contributed by atoms with Crippen LogP contribution in [-0.4, -0.2) is 33.1 Å². The molecule has 0 rings (SSSR count). The fourth-order valence-electron chi connectivity index (χ4n) is 0.519. The molecular formula is C6H12O4. The van der Waals surface area contributed by atoms with Crippen LogP contribution in [0.1, 0.15) is 12.8 Å². The van der Waals surface area contributed by atoms with Gasteiger partial charge in [-0.05, 0) is 12.8 Å². The zero-order valence-electron chi connectivity index (χ0n) is 5.56. The number of hydrogen-bond donors (Lipinski definition) is 4. The average molecular weight is 148 g/mol. The number of aliphatic hydroxyl groups is 4. The molecule has 0 fully saturated rings. The average Bonchev–Trinajstić information content (AvgIpc) is 1.98. The smallest absolute Gasteiger partial charge is 0.155 e. The largest absolute Gasteiger partial charge is 0.512 e. The highest BCUT2D eigenvalue weighted by atomic mass is 16.3. The van der Waals surface area contributed by atoms with Crippen LogP contribution >= 0.6 is 0 Å². The van der Waals surface area contributed by atoms with Crippen LogP contribution in [0.25, 0.3) is 0 Å². The molecule has 4 heteroatoms. The van der Waals surface area contributed by atoms with Crippen molar-refractivity contribution in [1.82, 2.24) is 0 Å². The lowest BCUT2D eigenvalue weighted by Crippen LogP contribution is -2.10. The molecule has 4 N–H and O–H groups in total. The molecule has 0 aliphatic heterocycles. The van der Waals surface area contributed by atoms with E-state index in [1.807, 2.05) is 0 Å². The van der Waals surface area contributed by atoms with Crippen LogP contribution < -0.4 is 0 Å². The Labute approximate surface area is 59.1 Å². The minimum atomic E-state index is -1.06. The quantitative estimate of drug-likeness (QED) is 0.425. The molecule has 0 aliphatic rings. The topological polar surface area (TPSA) is 80.9 Å². The monoisotopic (exact) mass is 148 g/mol. The van der Waals surface area contributed by atoms with Gasteiger partial charge in [-0.15, -0.1) is 0 Å². The molecule has 4 nitrogen and oxygen atoms in total. The highest BCUT2D eigenvalue weighted by Gasteiger charge is 2.07. The summed E-state index contributed by atoms with van der Waals surface area (Å²) in [5, 5.41) is 34.0. The van der Waals surface area contributed by atoms with Gasteiger partial charge in [-0.3, -0.25) is 0 Å². The van der Waals surface area contributed by atoms with Gasteiger partial charge in [-0.25, -0.2) is 0 Å². The molecule has 0 aliphatic carbocycles. The van der Waals surface area contributed by atoms with Gasteiger partial charge < -0.3 is 20.4 Å². The molecule has 0 amide bonds. The van der Waals surface area contributed by atoms with E-state index in [1.165, 1.54) is 0 Å². The van der Waals surface area contributed by atoms with Gasteiger partial charge in [0.15, 0.2) is 5.76 Å². The second-order valence-corrected chi connectivity index (χ2v) is 1.94. The van der Waals surface area contributed by atoms with Gasteiger partial charge in [0.1, 0.15) is 12.4 Å². The lowest BCUT2D eigenvalue weighted by molar-refractivity contribution is 0.127. The van der Waals surface area contributed by atoms with Crippen LogP contribution in [0.2, 0.25) is 0 Å². The molecule has 10 heavy (non-hydrogen) atoms. The molecule has 0 saturated heterocycles. The van der Waals surface area contributed by atoms with E-state index in [1.54, 1.807) is 0 Å². The Kier molecular flexibility index (Phi) is 4.70. The summed E-state index contributed by atoms with van der Waals surface area (Å²) in [6.07, 6.45) is 0.0395. The summed E-state index contributed by atoms with van der Waals surface area (Å²) < 4.78 is 0. The zero-order chi connectivity index (χ0) is 7.98. The van der Waals surface area contributed by atoms with Crippen LogP contribution in [0.15, 0.2) is 12.0 Å². The Morgan fingerprint density at radius 1 is 1.50 bits per heavy atom. The predicted octanol–water partition coefficient (Wildman–Crippen LogP) is 0.0772. The Morgan fingerprint density at radius 2 is 2.10 bits per heavy atom. The van der Waals surface area contributed by atoms with Crippen molar-refractivity contribution < 1.29 is 20.4 Å². The van der Waals surface area contributed by atoms with Crippen molar-refractivity contribution >= 4 is 0 Å². The first-order valence-corrected chi connectivity index (χ1v) is 3.04. The normalized spacial score (nSPS) is 15.2. The molecular weight excluding hydrogens is 136 g/mol. The van der Waals surface area contributed by atoms with Crippen LogP contribution in [0.5, 0.6) is 0 Å². The second kappa shape index (κ2) is 5.08. The lowest BCUT2D eigenvalue weighted by atomic mass is 10.2. The zero-order valence-corrected chi connectivity index (χ0v) is 5.56. The molecule has 0 aromatic rings. The van der Waals surface area contributed by atoms with Crippen LogP contribution in [0.3, 0.4) is 0 Å². The fraction of sp³-hybridized carbons (Fsp3) is 0.667.